The third-order valence-corrected chi connectivity index (χ3v) is 6.20. The number of nitrogens with zero attached hydrogens (tertiary/aromatic N) is 3. The molecule has 0 aliphatic carbocycles. The summed E-state index contributed by atoms with van der Waals surface area (Å²) < 4.78 is 52.5. The van der Waals surface area contributed by atoms with Crippen LogP contribution in [-0.4, -0.2) is 48.4 Å². The predicted octanol–water partition coefficient (Wildman–Crippen LogP) is 5.17. The first-order valence-corrected chi connectivity index (χ1v) is 11.3. The van der Waals surface area contributed by atoms with Gasteiger partial charge in [-0.25, -0.2) is 4.98 Å². The highest BCUT2D eigenvalue weighted by atomic mass is 32.1. The fourth-order valence-electron chi connectivity index (χ4n) is 3.93. The summed E-state index contributed by atoms with van der Waals surface area (Å²) in [7, 11) is 0. The van der Waals surface area contributed by atoms with Gasteiger partial charge in [0.2, 0.25) is 0 Å². The first-order chi connectivity index (χ1) is 14.9. The van der Waals surface area contributed by atoms with Crippen LogP contribution in [0.3, 0.4) is 0 Å². The maximum atomic E-state index is 13.8. The van der Waals surface area contributed by atoms with E-state index >= 15 is 0 Å². The number of anilines is 1. The summed E-state index contributed by atoms with van der Waals surface area (Å²) in [5, 5.41) is 5.92. The molecular formula is C21H25F3N4O2S. The van der Waals surface area contributed by atoms with Crippen LogP contribution in [-0.2, 0) is 4.74 Å². The Morgan fingerprint density at radius 1 is 1.35 bits per heavy atom. The minimum absolute atomic E-state index is 0.0466. The number of ether oxygens (including phenoxy) is 1. The average Bonchev–Trinajstić information content (AvgIpc) is 3.50. The molecule has 0 saturated carbocycles. The smallest absolute Gasteiger partial charge is 0.418 e. The number of fused-ring (bicyclic) bond motifs is 1. The molecule has 0 spiro atoms. The Labute approximate surface area is 182 Å². The highest BCUT2D eigenvalue weighted by Crippen LogP contribution is 2.42. The van der Waals surface area contributed by atoms with E-state index in [0.29, 0.717) is 41.3 Å². The average molecular weight is 455 g/mol. The fourth-order valence-corrected chi connectivity index (χ4v) is 4.59. The quantitative estimate of drug-likeness (QED) is 0.507. The third-order valence-electron chi connectivity index (χ3n) is 5.39. The summed E-state index contributed by atoms with van der Waals surface area (Å²) in [6.07, 6.45) is -2.83. The van der Waals surface area contributed by atoms with Gasteiger partial charge in [0, 0.05) is 42.9 Å². The molecule has 1 aliphatic rings. The number of alkyl halides is 3. The zero-order chi connectivity index (χ0) is 22.0. The zero-order valence-electron chi connectivity index (χ0n) is 17.4. The molecule has 1 fully saturated rings. The summed E-state index contributed by atoms with van der Waals surface area (Å²) in [6.45, 7) is 5.72. The van der Waals surface area contributed by atoms with Crippen LogP contribution in [0.2, 0.25) is 0 Å². The number of hydrogen-bond acceptors (Lipinski definition) is 7. The van der Waals surface area contributed by atoms with Crippen molar-refractivity contribution in [2.75, 3.05) is 31.1 Å². The minimum atomic E-state index is -4.57. The predicted molar refractivity (Wildman–Crippen MR) is 114 cm³/mol. The fraction of sp³-hybridized carbons (Fsp3) is 0.524. The van der Waals surface area contributed by atoms with Gasteiger partial charge in [0.05, 0.1) is 5.56 Å². The number of halogens is 3. The summed E-state index contributed by atoms with van der Waals surface area (Å²) >= 11 is 1.39. The van der Waals surface area contributed by atoms with E-state index in [-0.39, 0.29) is 17.7 Å². The third kappa shape index (κ3) is 4.56. The van der Waals surface area contributed by atoms with Gasteiger partial charge in [-0.2, -0.15) is 18.2 Å². The lowest BCUT2D eigenvalue weighted by atomic mass is 10.0. The van der Waals surface area contributed by atoms with Crippen LogP contribution in [0.1, 0.15) is 38.4 Å². The van der Waals surface area contributed by atoms with Crippen molar-refractivity contribution in [3.05, 3.63) is 29.3 Å². The number of benzene rings is 1. The second kappa shape index (κ2) is 9.13. The molecule has 2 unspecified atom stereocenters. The summed E-state index contributed by atoms with van der Waals surface area (Å²) in [5.74, 6) is 0. The van der Waals surface area contributed by atoms with Crippen LogP contribution in [0.25, 0.3) is 21.7 Å². The number of likely N-dealkylation sites (N-methyl/N-ethyl adjacent to an activating group) is 1. The molecule has 1 aliphatic heterocycles. The number of aromatic nitrogens is 2. The highest BCUT2D eigenvalue weighted by Gasteiger charge is 2.43. The largest absolute Gasteiger partial charge is 0.423 e. The van der Waals surface area contributed by atoms with Crippen LogP contribution in [0.5, 0.6) is 0 Å². The Morgan fingerprint density at radius 3 is 2.81 bits per heavy atom. The molecule has 1 saturated heterocycles. The van der Waals surface area contributed by atoms with Gasteiger partial charge in [-0.3, -0.25) is 0 Å². The van der Waals surface area contributed by atoms with E-state index < -0.39 is 12.3 Å². The molecule has 2 atom stereocenters. The molecule has 168 valence electrons. The van der Waals surface area contributed by atoms with E-state index in [2.05, 4.69) is 15.3 Å². The first kappa shape index (κ1) is 22.0. The molecule has 10 heteroatoms. The van der Waals surface area contributed by atoms with E-state index in [1.807, 2.05) is 17.2 Å². The number of nitrogens with one attached hydrogen (secondary N) is 1. The molecule has 1 aromatic carbocycles. The second-order valence-electron chi connectivity index (χ2n) is 7.42. The Hall–Kier alpha value is -2.17. The Balaban J connectivity index is 1.83. The van der Waals surface area contributed by atoms with Crippen molar-refractivity contribution in [2.24, 2.45) is 0 Å². The molecule has 6 nitrogen and oxygen atoms in total. The monoisotopic (exact) mass is 454 g/mol. The molecule has 2 aromatic heterocycles. The second-order valence-corrected chi connectivity index (χ2v) is 8.32. The number of hydrogen-bond donors (Lipinski definition) is 1. The maximum Gasteiger partial charge on any atom is 0.418 e. The van der Waals surface area contributed by atoms with Crippen LogP contribution in [0, 0.1) is 0 Å². The zero-order valence-corrected chi connectivity index (χ0v) is 18.2. The first-order valence-electron chi connectivity index (χ1n) is 10.4. The molecule has 0 radical (unpaired) electrons. The van der Waals surface area contributed by atoms with E-state index in [9.17, 15) is 13.2 Å². The lowest BCUT2D eigenvalue weighted by Crippen LogP contribution is -2.37. The standard InChI is InChI=1S/C21H25F3N4O2S/c1-3-28(12-13-6-5-9-25-13)20-27-16-14(18(29-4-2)21(22,23)24)7-8-15(17(16)30-20)19-26-10-11-31-19/h7-8,10-11,13,18,25H,3-6,9,12H2,1-2H3. The van der Waals surface area contributed by atoms with Gasteiger partial charge >= 0.3 is 6.18 Å². The van der Waals surface area contributed by atoms with Gasteiger partial charge in [0.25, 0.3) is 6.01 Å². The lowest BCUT2D eigenvalue weighted by molar-refractivity contribution is -0.222. The van der Waals surface area contributed by atoms with Crippen molar-refractivity contribution in [1.82, 2.24) is 15.3 Å². The molecule has 0 amide bonds. The number of thiazole rings is 1. The lowest BCUT2D eigenvalue weighted by Gasteiger charge is -2.22. The molecule has 1 N–H and O–H groups in total. The van der Waals surface area contributed by atoms with Crippen molar-refractivity contribution in [3.8, 4) is 10.6 Å². The molecule has 0 bridgehead atoms. The van der Waals surface area contributed by atoms with Crippen molar-refractivity contribution < 1.29 is 22.3 Å². The summed E-state index contributed by atoms with van der Waals surface area (Å²) in [6, 6.07) is 3.65. The minimum Gasteiger partial charge on any atom is -0.423 e. The van der Waals surface area contributed by atoms with Gasteiger partial charge in [-0.05, 0) is 39.3 Å². The van der Waals surface area contributed by atoms with Crippen molar-refractivity contribution in [3.63, 3.8) is 0 Å². The molecule has 3 aromatic rings. The van der Waals surface area contributed by atoms with Gasteiger partial charge < -0.3 is 19.4 Å². The van der Waals surface area contributed by atoms with Crippen molar-refractivity contribution >= 4 is 28.5 Å². The van der Waals surface area contributed by atoms with Gasteiger partial charge in [0.1, 0.15) is 10.5 Å². The number of oxazole rings is 1. The summed E-state index contributed by atoms with van der Waals surface area (Å²) in [4.78, 5) is 10.8. The maximum absolute atomic E-state index is 13.8. The van der Waals surface area contributed by atoms with E-state index in [0.717, 1.165) is 19.4 Å². The topological polar surface area (TPSA) is 63.4 Å². The van der Waals surface area contributed by atoms with E-state index in [4.69, 9.17) is 9.15 Å². The molecule has 3 heterocycles. The molecular weight excluding hydrogens is 429 g/mol. The van der Waals surface area contributed by atoms with Crippen LogP contribution >= 0.6 is 11.3 Å². The van der Waals surface area contributed by atoms with Gasteiger partial charge in [-0.15, -0.1) is 11.3 Å². The Morgan fingerprint density at radius 2 is 2.19 bits per heavy atom. The molecule has 31 heavy (non-hydrogen) atoms. The van der Waals surface area contributed by atoms with Crippen molar-refractivity contribution in [1.29, 1.82) is 0 Å². The SMILES string of the molecule is CCOC(c1ccc(-c2nccs2)c2oc(N(CC)CC3CCCN3)nc12)C(F)(F)F. The van der Waals surface area contributed by atoms with Gasteiger partial charge in [-0.1, -0.05) is 6.07 Å². The van der Waals surface area contributed by atoms with Crippen molar-refractivity contribution in [2.45, 2.75) is 45.0 Å². The number of rotatable bonds is 8. The van der Waals surface area contributed by atoms with Gasteiger partial charge in [0.15, 0.2) is 11.7 Å². The van der Waals surface area contributed by atoms with Crippen LogP contribution in [0.15, 0.2) is 28.1 Å². The Bertz CT molecular complexity index is 1000. The highest BCUT2D eigenvalue weighted by molar-refractivity contribution is 7.13. The van der Waals surface area contributed by atoms with Crippen LogP contribution in [0.4, 0.5) is 19.2 Å². The van der Waals surface area contributed by atoms with Crippen LogP contribution < -0.4 is 10.2 Å². The van der Waals surface area contributed by atoms with E-state index in [1.54, 1.807) is 19.2 Å². The Kier molecular flexibility index (Phi) is 6.49. The summed E-state index contributed by atoms with van der Waals surface area (Å²) in [5.41, 5.74) is 1.04. The normalized spacial score (nSPS) is 18.0. The molecule has 4 rings (SSSR count). The van der Waals surface area contributed by atoms with E-state index in [1.165, 1.54) is 17.4 Å².